The van der Waals surface area contributed by atoms with Crippen LogP contribution in [-0.4, -0.2) is 31.6 Å². The second-order valence-electron chi connectivity index (χ2n) is 5.71. The lowest BCUT2D eigenvalue weighted by Crippen LogP contribution is -2.55. The van der Waals surface area contributed by atoms with E-state index >= 15 is 0 Å². The van der Waals surface area contributed by atoms with Gasteiger partial charge in [0.25, 0.3) is 0 Å². The number of rotatable bonds is 7. The highest BCUT2D eigenvalue weighted by Gasteiger charge is 2.38. The average Bonchev–Trinajstić information content (AvgIpc) is 2.58. The average molecular weight is 321 g/mol. The van der Waals surface area contributed by atoms with Crippen LogP contribution < -0.4 is 10.1 Å². The van der Waals surface area contributed by atoms with Gasteiger partial charge in [0.2, 0.25) is 5.91 Å². The number of carbonyl (C=O) groups excluding carboxylic acids is 2. The highest BCUT2D eigenvalue weighted by atomic mass is 16.5. The van der Waals surface area contributed by atoms with Crippen LogP contribution in [0.2, 0.25) is 0 Å². The molecule has 1 aromatic rings. The Morgan fingerprint density at radius 2 is 1.83 bits per heavy atom. The van der Waals surface area contributed by atoms with Crippen molar-refractivity contribution in [2.45, 2.75) is 52.0 Å². The molecular weight excluding hydrogens is 294 g/mol. The van der Waals surface area contributed by atoms with E-state index in [9.17, 15) is 9.59 Å². The monoisotopic (exact) mass is 321 g/mol. The van der Waals surface area contributed by atoms with E-state index in [1.165, 1.54) is 7.11 Å². The first-order chi connectivity index (χ1) is 10.8. The van der Waals surface area contributed by atoms with Crippen LogP contribution in [-0.2, 0) is 14.3 Å². The molecular formula is C18H27NO4. The fourth-order valence-corrected chi connectivity index (χ4v) is 2.71. The van der Waals surface area contributed by atoms with Crippen LogP contribution in [0, 0.1) is 6.92 Å². The number of carbonyl (C=O) groups is 2. The zero-order valence-electron chi connectivity index (χ0n) is 14.9. The number of methoxy groups -OCH3 is 2. The molecule has 0 spiro atoms. The molecule has 1 amide bonds. The third kappa shape index (κ3) is 4.03. The van der Waals surface area contributed by atoms with E-state index in [-0.39, 0.29) is 11.8 Å². The lowest BCUT2D eigenvalue weighted by atomic mass is 9.90. The molecule has 0 bridgehead atoms. The Morgan fingerprint density at radius 3 is 2.26 bits per heavy atom. The Kier molecular flexibility index (Phi) is 6.61. The molecule has 1 rings (SSSR count). The lowest BCUT2D eigenvalue weighted by Gasteiger charge is -2.31. The Bertz CT molecular complexity index is 564. The summed E-state index contributed by atoms with van der Waals surface area (Å²) < 4.78 is 10.1. The maximum atomic E-state index is 12.7. The minimum atomic E-state index is -0.972. The van der Waals surface area contributed by atoms with E-state index in [0.717, 1.165) is 16.9 Å². The minimum absolute atomic E-state index is 0.188. The molecule has 5 nitrogen and oxygen atoms in total. The number of nitrogens with one attached hydrogen (secondary N) is 1. The van der Waals surface area contributed by atoms with Crippen LogP contribution >= 0.6 is 0 Å². The van der Waals surface area contributed by atoms with Crippen molar-refractivity contribution in [2.24, 2.45) is 0 Å². The molecule has 1 unspecified atom stereocenters. The van der Waals surface area contributed by atoms with E-state index in [1.54, 1.807) is 7.11 Å². The van der Waals surface area contributed by atoms with Crippen molar-refractivity contribution in [3.63, 3.8) is 0 Å². The van der Waals surface area contributed by atoms with E-state index in [2.05, 4.69) is 5.32 Å². The number of amides is 1. The number of benzene rings is 1. The Balaban J connectivity index is 3.02. The van der Waals surface area contributed by atoms with Gasteiger partial charge < -0.3 is 14.8 Å². The van der Waals surface area contributed by atoms with Gasteiger partial charge in [0.1, 0.15) is 11.3 Å². The second-order valence-corrected chi connectivity index (χ2v) is 5.71. The first-order valence-electron chi connectivity index (χ1n) is 7.90. The van der Waals surface area contributed by atoms with Crippen LogP contribution in [0.4, 0.5) is 0 Å². The van der Waals surface area contributed by atoms with E-state index < -0.39 is 11.5 Å². The largest absolute Gasteiger partial charge is 0.497 e. The van der Waals surface area contributed by atoms with Gasteiger partial charge in [0.15, 0.2) is 0 Å². The van der Waals surface area contributed by atoms with Crippen LogP contribution in [0.15, 0.2) is 18.2 Å². The van der Waals surface area contributed by atoms with Gasteiger partial charge in [-0.25, -0.2) is 4.79 Å². The molecule has 0 aliphatic heterocycles. The van der Waals surface area contributed by atoms with Crippen molar-refractivity contribution in [2.75, 3.05) is 14.2 Å². The fourth-order valence-electron chi connectivity index (χ4n) is 2.71. The Labute approximate surface area is 138 Å². The van der Waals surface area contributed by atoms with Gasteiger partial charge in [-0.3, -0.25) is 4.79 Å². The summed E-state index contributed by atoms with van der Waals surface area (Å²) in [6, 6.07) is 5.61. The van der Waals surface area contributed by atoms with Gasteiger partial charge in [0.05, 0.1) is 20.1 Å². The predicted molar refractivity (Wildman–Crippen MR) is 89.6 cm³/mol. The first kappa shape index (κ1) is 19.0. The van der Waals surface area contributed by atoms with Gasteiger partial charge in [-0.15, -0.1) is 0 Å². The van der Waals surface area contributed by atoms with Gasteiger partial charge in [0, 0.05) is 0 Å². The number of aryl methyl sites for hydroxylation is 1. The normalized spacial score (nSPS) is 12.4. The maximum absolute atomic E-state index is 12.7. The molecule has 0 saturated heterocycles. The molecule has 0 heterocycles. The van der Waals surface area contributed by atoms with Gasteiger partial charge in [-0.1, -0.05) is 19.9 Å². The maximum Gasteiger partial charge on any atom is 0.331 e. The topological polar surface area (TPSA) is 64.6 Å². The van der Waals surface area contributed by atoms with Crippen LogP contribution in [0.3, 0.4) is 0 Å². The zero-order chi connectivity index (χ0) is 17.6. The van der Waals surface area contributed by atoms with Crippen molar-refractivity contribution < 1.29 is 19.1 Å². The fraction of sp³-hybridized carbons (Fsp3) is 0.556. The van der Waals surface area contributed by atoms with Gasteiger partial charge >= 0.3 is 5.97 Å². The van der Waals surface area contributed by atoms with E-state index in [4.69, 9.17) is 9.47 Å². The number of esters is 1. The number of hydrogen-bond donors (Lipinski definition) is 1. The van der Waals surface area contributed by atoms with Gasteiger partial charge in [-0.2, -0.15) is 0 Å². The Morgan fingerprint density at radius 1 is 1.22 bits per heavy atom. The first-order valence-corrected chi connectivity index (χ1v) is 7.90. The third-order valence-electron chi connectivity index (χ3n) is 4.48. The van der Waals surface area contributed by atoms with Crippen molar-refractivity contribution in [3.8, 4) is 5.75 Å². The smallest absolute Gasteiger partial charge is 0.331 e. The summed E-state index contributed by atoms with van der Waals surface area (Å²) in [6.45, 7) is 7.50. The molecule has 5 heteroatoms. The van der Waals surface area contributed by atoms with Crippen LogP contribution in [0.1, 0.15) is 50.7 Å². The van der Waals surface area contributed by atoms with Crippen molar-refractivity contribution >= 4 is 11.9 Å². The third-order valence-corrected chi connectivity index (χ3v) is 4.48. The number of hydrogen-bond acceptors (Lipinski definition) is 4. The summed E-state index contributed by atoms with van der Waals surface area (Å²) in [5.74, 6) is -0.213. The Hall–Kier alpha value is -2.04. The highest BCUT2D eigenvalue weighted by Crippen LogP contribution is 2.26. The van der Waals surface area contributed by atoms with E-state index in [0.29, 0.717) is 12.8 Å². The minimum Gasteiger partial charge on any atom is -0.497 e. The van der Waals surface area contributed by atoms with Crippen LogP contribution in [0.25, 0.3) is 0 Å². The summed E-state index contributed by atoms with van der Waals surface area (Å²) in [5.41, 5.74) is 0.915. The second kappa shape index (κ2) is 7.99. The summed E-state index contributed by atoms with van der Waals surface area (Å²) in [4.78, 5) is 24.7. The SMILES string of the molecule is CCC(CC)(NC(=O)C(C)c1ccc(OC)cc1C)C(=O)OC. The summed E-state index contributed by atoms with van der Waals surface area (Å²) in [7, 11) is 2.95. The molecule has 23 heavy (non-hydrogen) atoms. The van der Waals surface area contributed by atoms with Crippen molar-refractivity contribution in [1.29, 1.82) is 0 Å². The summed E-state index contributed by atoms with van der Waals surface area (Å²) in [5, 5.41) is 2.89. The van der Waals surface area contributed by atoms with E-state index in [1.807, 2.05) is 45.9 Å². The summed E-state index contributed by atoms with van der Waals surface area (Å²) in [6.07, 6.45) is 0.965. The predicted octanol–water partition coefficient (Wildman–Crippen LogP) is 2.96. The van der Waals surface area contributed by atoms with Gasteiger partial charge in [-0.05, 0) is 49.9 Å². The molecule has 0 radical (unpaired) electrons. The quantitative estimate of drug-likeness (QED) is 0.784. The van der Waals surface area contributed by atoms with Crippen LogP contribution in [0.5, 0.6) is 5.75 Å². The molecule has 128 valence electrons. The lowest BCUT2D eigenvalue weighted by molar-refractivity contribution is -0.151. The van der Waals surface area contributed by atoms with Crippen molar-refractivity contribution in [1.82, 2.24) is 5.32 Å². The molecule has 1 aromatic carbocycles. The molecule has 0 aliphatic carbocycles. The molecule has 0 saturated carbocycles. The van der Waals surface area contributed by atoms with Crippen molar-refractivity contribution in [3.05, 3.63) is 29.3 Å². The molecule has 0 fully saturated rings. The standard InChI is InChI=1S/C18H27NO4/c1-7-18(8-2,17(21)23-6)19-16(20)13(4)15-10-9-14(22-5)11-12(15)3/h9-11,13H,7-8H2,1-6H3,(H,19,20). The number of ether oxygens (including phenoxy) is 2. The summed E-state index contributed by atoms with van der Waals surface area (Å²) >= 11 is 0. The molecule has 0 aromatic heterocycles. The molecule has 1 atom stereocenters. The zero-order valence-corrected chi connectivity index (χ0v) is 14.9. The molecule has 1 N–H and O–H groups in total. The highest BCUT2D eigenvalue weighted by molar-refractivity contribution is 5.91. The molecule has 0 aliphatic rings.